The zero-order chi connectivity index (χ0) is 23.5. The monoisotopic (exact) mass is 414 g/mol. The van der Waals surface area contributed by atoms with Gasteiger partial charge in [-0.25, -0.2) is 4.79 Å². The van der Waals surface area contributed by atoms with E-state index in [1.54, 1.807) is 13.8 Å². The summed E-state index contributed by atoms with van der Waals surface area (Å²) in [6, 6.07) is -0.682. The van der Waals surface area contributed by atoms with Gasteiger partial charge in [0.25, 0.3) is 0 Å². The molecule has 6 heteroatoms. The quantitative estimate of drug-likeness (QED) is 0.273. The summed E-state index contributed by atoms with van der Waals surface area (Å²) in [4.78, 5) is 35.5. The van der Waals surface area contributed by atoms with Crippen molar-refractivity contribution in [2.45, 2.75) is 100 Å². The van der Waals surface area contributed by atoms with Crippen molar-refractivity contribution in [3.05, 3.63) is 12.2 Å². The minimum atomic E-state index is -0.682. The van der Waals surface area contributed by atoms with E-state index in [1.807, 2.05) is 27.7 Å². The summed E-state index contributed by atoms with van der Waals surface area (Å²) in [5, 5.41) is 5.54. The topological polar surface area (TPSA) is 84.5 Å². The van der Waals surface area contributed by atoms with Crippen LogP contribution in [0.5, 0.6) is 0 Å². The molecule has 0 saturated heterocycles. The highest BCUT2D eigenvalue weighted by atomic mass is 16.5. The number of hydrogen-bond donors (Lipinski definition) is 2. The Balaban J connectivity index is -0.00000158. The Morgan fingerprint density at radius 2 is 1.59 bits per heavy atom. The fourth-order valence-corrected chi connectivity index (χ4v) is 2.10. The van der Waals surface area contributed by atoms with Crippen LogP contribution in [0.25, 0.3) is 0 Å². The van der Waals surface area contributed by atoms with Crippen molar-refractivity contribution in [3.63, 3.8) is 0 Å². The summed E-state index contributed by atoms with van der Waals surface area (Å²) in [6.07, 6.45) is 3.34. The number of nitrogens with one attached hydrogen (secondary N) is 2. The highest BCUT2D eigenvalue weighted by Gasteiger charge is 2.22. The number of unbranched alkanes of at least 4 members (excludes halogenated alkanes) is 1. The largest absolute Gasteiger partial charge is 0.464 e. The first kappa shape index (κ1) is 31.8. The molecule has 0 saturated carbocycles. The average molecular weight is 415 g/mol. The Morgan fingerprint density at radius 1 is 1.03 bits per heavy atom. The van der Waals surface area contributed by atoms with E-state index in [-0.39, 0.29) is 23.8 Å². The van der Waals surface area contributed by atoms with Gasteiger partial charge in [0, 0.05) is 18.5 Å². The summed E-state index contributed by atoms with van der Waals surface area (Å²) < 4.78 is 4.99. The Bertz CT molecular complexity index is 473. The van der Waals surface area contributed by atoms with Crippen molar-refractivity contribution in [1.29, 1.82) is 0 Å². The Morgan fingerprint density at radius 3 is 2.03 bits per heavy atom. The molecule has 0 fully saturated rings. The van der Waals surface area contributed by atoms with Crippen molar-refractivity contribution in [3.8, 4) is 0 Å². The second kappa shape index (κ2) is 19.5. The zero-order valence-electron chi connectivity index (χ0n) is 20.4. The van der Waals surface area contributed by atoms with Crippen LogP contribution in [0.3, 0.4) is 0 Å². The molecule has 2 amide bonds. The molecule has 0 heterocycles. The fraction of sp³-hybridized carbons (Fsp3) is 0.783. The van der Waals surface area contributed by atoms with E-state index in [1.165, 1.54) is 0 Å². The van der Waals surface area contributed by atoms with Gasteiger partial charge < -0.3 is 15.4 Å². The predicted octanol–water partition coefficient (Wildman–Crippen LogP) is 4.78. The highest BCUT2D eigenvalue weighted by molar-refractivity contribution is 5.95. The number of amides is 2. The third-order valence-corrected chi connectivity index (χ3v) is 4.10. The van der Waals surface area contributed by atoms with Gasteiger partial charge >= 0.3 is 5.97 Å². The molecule has 2 N–H and O–H groups in total. The number of ether oxygens (including phenoxy) is 1. The molecular weight excluding hydrogens is 368 g/mol. The molecule has 29 heavy (non-hydrogen) atoms. The van der Waals surface area contributed by atoms with Crippen molar-refractivity contribution in [2.75, 3.05) is 13.2 Å². The molecule has 0 spiro atoms. The SMILES string of the molecule is C=C(C)C(=O)NC(CCCCNC(=O)CC(C)(C)CC)C(=O)OCC.CC.CC. The van der Waals surface area contributed by atoms with Crippen molar-refractivity contribution in [1.82, 2.24) is 10.6 Å². The second-order valence-electron chi connectivity index (χ2n) is 7.10. The van der Waals surface area contributed by atoms with E-state index in [4.69, 9.17) is 4.74 Å². The van der Waals surface area contributed by atoms with E-state index in [0.29, 0.717) is 31.4 Å². The van der Waals surface area contributed by atoms with E-state index < -0.39 is 12.0 Å². The molecule has 0 aromatic rings. The van der Waals surface area contributed by atoms with E-state index >= 15 is 0 Å². The zero-order valence-corrected chi connectivity index (χ0v) is 20.4. The lowest BCUT2D eigenvalue weighted by Crippen LogP contribution is -2.42. The lowest BCUT2D eigenvalue weighted by molar-refractivity contribution is -0.147. The molecule has 0 aliphatic carbocycles. The van der Waals surface area contributed by atoms with E-state index in [0.717, 1.165) is 12.8 Å². The van der Waals surface area contributed by atoms with Crippen LogP contribution in [0.4, 0.5) is 0 Å². The molecule has 0 radical (unpaired) electrons. The number of esters is 1. The number of carbonyl (C=O) groups is 3. The first-order valence-electron chi connectivity index (χ1n) is 11.0. The Kier molecular flexibility index (Phi) is 21.4. The standard InChI is InChI=1S/C19H34N2O4.2C2H6/c1-7-19(5,6)13-16(22)20-12-10-9-11-15(18(24)25-8-2)21-17(23)14(3)4;2*1-2/h15H,3,7-13H2,1-2,4-6H3,(H,20,22)(H,21,23);2*1-2H3. The normalized spacial score (nSPS) is 10.9. The van der Waals surface area contributed by atoms with Crippen LogP contribution in [0.15, 0.2) is 12.2 Å². The lowest BCUT2D eigenvalue weighted by Gasteiger charge is -2.21. The molecule has 0 aromatic heterocycles. The second-order valence-corrected chi connectivity index (χ2v) is 7.10. The van der Waals surface area contributed by atoms with Crippen molar-refractivity contribution >= 4 is 17.8 Å². The molecular formula is C23H46N2O4. The molecule has 6 nitrogen and oxygen atoms in total. The maximum atomic E-state index is 11.9. The Labute approximate surface area is 179 Å². The van der Waals surface area contributed by atoms with Crippen LogP contribution in [0.2, 0.25) is 0 Å². The summed E-state index contributed by atoms with van der Waals surface area (Å²) in [5.41, 5.74) is 0.353. The van der Waals surface area contributed by atoms with Gasteiger partial charge in [-0.1, -0.05) is 61.5 Å². The van der Waals surface area contributed by atoms with Crippen LogP contribution in [-0.4, -0.2) is 37.0 Å². The van der Waals surface area contributed by atoms with Crippen LogP contribution in [-0.2, 0) is 19.1 Å². The fourth-order valence-electron chi connectivity index (χ4n) is 2.10. The van der Waals surface area contributed by atoms with Gasteiger partial charge in [0.2, 0.25) is 11.8 Å². The molecule has 0 aliphatic heterocycles. The van der Waals surface area contributed by atoms with Gasteiger partial charge in [0.15, 0.2) is 0 Å². The van der Waals surface area contributed by atoms with Crippen molar-refractivity contribution < 1.29 is 19.1 Å². The average Bonchev–Trinajstić information content (AvgIpc) is 2.69. The maximum absolute atomic E-state index is 11.9. The molecule has 0 bridgehead atoms. The first-order chi connectivity index (χ1) is 13.6. The first-order valence-corrected chi connectivity index (χ1v) is 11.0. The van der Waals surface area contributed by atoms with Gasteiger partial charge in [-0.2, -0.15) is 0 Å². The lowest BCUT2D eigenvalue weighted by atomic mass is 9.86. The third-order valence-electron chi connectivity index (χ3n) is 4.10. The minimum absolute atomic E-state index is 0.00587. The van der Waals surface area contributed by atoms with Gasteiger partial charge in [-0.3, -0.25) is 9.59 Å². The molecule has 0 aromatic carbocycles. The molecule has 1 atom stereocenters. The van der Waals surface area contributed by atoms with Crippen LogP contribution in [0.1, 0.15) is 94.4 Å². The summed E-state index contributed by atoms with van der Waals surface area (Å²) in [6.45, 7) is 21.9. The van der Waals surface area contributed by atoms with Crippen LogP contribution in [0, 0.1) is 5.41 Å². The van der Waals surface area contributed by atoms with Gasteiger partial charge in [0.05, 0.1) is 6.61 Å². The predicted molar refractivity (Wildman–Crippen MR) is 122 cm³/mol. The van der Waals surface area contributed by atoms with Crippen LogP contribution >= 0.6 is 0 Å². The maximum Gasteiger partial charge on any atom is 0.328 e. The summed E-state index contributed by atoms with van der Waals surface area (Å²) in [7, 11) is 0. The minimum Gasteiger partial charge on any atom is -0.464 e. The molecule has 0 aliphatic rings. The van der Waals surface area contributed by atoms with Gasteiger partial charge in [-0.15, -0.1) is 0 Å². The molecule has 0 rings (SSSR count). The summed E-state index contributed by atoms with van der Waals surface area (Å²) in [5.74, 6) is -0.747. The van der Waals surface area contributed by atoms with Crippen molar-refractivity contribution in [2.24, 2.45) is 5.41 Å². The van der Waals surface area contributed by atoms with E-state index in [9.17, 15) is 14.4 Å². The molecule has 1 unspecified atom stereocenters. The summed E-state index contributed by atoms with van der Waals surface area (Å²) >= 11 is 0. The smallest absolute Gasteiger partial charge is 0.328 e. The third kappa shape index (κ3) is 17.9. The van der Waals surface area contributed by atoms with Gasteiger partial charge in [0.1, 0.15) is 6.04 Å². The Hall–Kier alpha value is -1.85. The number of hydrogen-bond acceptors (Lipinski definition) is 4. The van der Waals surface area contributed by atoms with Gasteiger partial charge in [-0.05, 0) is 38.5 Å². The molecule has 172 valence electrons. The van der Waals surface area contributed by atoms with E-state index in [2.05, 4.69) is 38.0 Å². The number of rotatable bonds is 12. The highest BCUT2D eigenvalue weighted by Crippen LogP contribution is 2.23. The van der Waals surface area contributed by atoms with Crippen LogP contribution < -0.4 is 10.6 Å². The number of carbonyl (C=O) groups excluding carboxylic acids is 3.